The highest BCUT2D eigenvalue weighted by molar-refractivity contribution is 5.92. The van der Waals surface area contributed by atoms with Crippen LogP contribution in [0.1, 0.15) is 62.0 Å². The third-order valence-electron chi connectivity index (χ3n) is 9.30. The minimum atomic E-state index is -4.53. The predicted molar refractivity (Wildman–Crippen MR) is 238 cm³/mol. The van der Waals surface area contributed by atoms with Crippen molar-refractivity contribution in [3.05, 3.63) is 180 Å². The number of rotatable bonds is 9. The molecule has 0 atom stereocenters. The zero-order chi connectivity index (χ0) is 48.1. The molecule has 0 aliphatic carbocycles. The number of pyridine rings is 6. The van der Waals surface area contributed by atoms with Gasteiger partial charge in [0.1, 0.15) is 22.8 Å². The van der Waals surface area contributed by atoms with Crippen LogP contribution in [0.5, 0.6) is 0 Å². The molecule has 0 radical (unpaired) electrons. The Morgan fingerprint density at radius 2 is 1.01 bits per heavy atom. The second-order valence-corrected chi connectivity index (χ2v) is 14.1. The van der Waals surface area contributed by atoms with Crippen LogP contribution in [0.3, 0.4) is 0 Å². The number of hydrogen-bond acceptors (Lipinski definition) is 13. The van der Waals surface area contributed by atoms with Gasteiger partial charge in [0, 0.05) is 97.3 Å². The lowest BCUT2D eigenvalue weighted by Gasteiger charge is -2.11. The third-order valence-corrected chi connectivity index (χ3v) is 9.30. The molecule has 0 aromatic carbocycles. The molecule has 0 bridgehead atoms. The van der Waals surface area contributed by atoms with Gasteiger partial charge >= 0.3 is 18.3 Å². The van der Waals surface area contributed by atoms with Gasteiger partial charge in [-0.15, -0.1) is 0 Å². The first-order valence-corrected chi connectivity index (χ1v) is 19.6. The van der Waals surface area contributed by atoms with Gasteiger partial charge in [-0.25, -0.2) is 9.78 Å². The molecule has 8 heterocycles. The number of hydrogen-bond donors (Lipinski definition) is 3. The van der Waals surface area contributed by atoms with Gasteiger partial charge in [-0.1, -0.05) is 19.6 Å². The van der Waals surface area contributed by atoms with Gasteiger partial charge < -0.3 is 16.2 Å². The van der Waals surface area contributed by atoms with Crippen LogP contribution in [0.25, 0.3) is 45.0 Å². The Morgan fingerprint density at radius 3 is 1.41 bits per heavy atom. The zero-order valence-corrected chi connectivity index (χ0v) is 35.2. The monoisotopic (exact) mass is 934 g/mol. The van der Waals surface area contributed by atoms with Crippen LogP contribution in [0, 0.1) is 13.8 Å². The molecule has 8 aromatic rings. The van der Waals surface area contributed by atoms with E-state index in [-0.39, 0.29) is 31.3 Å². The first-order valence-electron chi connectivity index (χ1n) is 19.6. The van der Waals surface area contributed by atoms with Crippen molar-refractivity contribution in [2.75, 3.05) is 0 Å². The third kappa shape index (κ3) is 13.5. The summed E-state index contributed by atoms with van der Waals surface area (Å²) >= 11 is 0. The summed E-state index contributed by atoms with van der Waals surface area (Å²) < 4.78 is 76.6. The van der Waals surface area contributed by atoms with Gasteiger partial charge in [-0.05, 0) is 84.6 Å². The standard InChI is InChI=1S/C23H17F3N6O.C13H12F3N3.C10H7N3O2.CH4/c1-14-8-15(10-31-21(14)16-4-5-29-20(9-16)23(24,25)26)11-32-22(33)18-3-2-17(12-30-18)19-13-27-6-7-28-19;1-8-4-9(6-17)7-19-12(8)10-2-3-18-11(5-10)13(14,15)16;14-10(15)8-2-1-7(5-13-8)9-6-11-3-4-12-9;/h2-10,12-13H,11H2,1H3,(H,32,33);2-5,7H,6,17H2,1H3;1-6H,(H,14,15);1H4. The van der Waals surface area contributed by atoms with E-state index in [0.717, 1.165) is 46.8 Å². The van der Waals surface area contributed by atoms with E-state index >= 15 is 0 Å². The zero-order valence-electron chi connectivity index (χ0n) is 35.2. The van der Waals surface area contributed by atoms with E-state index in [2.05, 4.69) is 55.2 Å². The largest absolute Gasteiger partial charge is 0.477 e. The Hall–Kier alpha value is -8.46. The van der Waals surface area contributed by atoms with Crippen molar-refractivity contribution in [3.8, 4) is 45.0 Å². The van der Waals surface area contributed by atoms with Gasteiger partial charge in [0.2, 0.25) is 0 Å². The summed E-state index contributed by atoms with van der Waals surface area (Å²) in [4.78, 5) is 62.3. The number of alkyl halides is 6. The second-order valence-electron chi connectivity index (χ2n) is 14.1. The van der Waals surface area contributed by atoms with Gasteiger partial charge in [0.25, 0.3) is 5.91 Å². The normalized spacial score (nSPS) is 10.9. The topological polar surface area (TPSA) is 221 Å². The number of carboxylic acid groups (broad SMARTS) is 1. The van der Waals surface area contributed by atoms with E-state index in [1.807, 2.05) is 6.07 Å². The summed E-state index contributed by atoms with van der Waals surface area (Å²) in [6.45, 7) is 4.06. The summed E-state index contributed by atoms with van der Waals surface area (Å²) in [6, 6.07) is 14.9. The molecule has 1 amide bonds. The highest BCUT2D eigenvalue weighted by Gasteiger charge is 2.33. The van der Waals surface area contributed by atoms with Crippen molar-refractivity contribution in [3.63, 3.8) is 0 Å². The molecule has 0 saturated heterocycles. The Bertz CT molecular complexity index is 2950. The smallest absolute Gasteiger partial charge is 0.433 e. The molecule has 0 unspecified atom stereocenters. The second kappa shape index (κ2) is 22.6. The van der Waals surface area contributed by atoms with Crippen molar-refractivity contribution >= 4 is 11.9 Å². The number of halogens is 6. The number of aromatic carboxylic acids is 1. The van der Waals surface area contributed by atoms with E-state index in [0.29, 0.717) is 51.6 Å². The first-order chi connectivity index (χ1) is 32.0. The summed E-state index contributed by atoms with van der Waals surface area (Å²) in [5, 5.41) is 11.4. The molecule has 8 aromatic heterocycles. The molecule has 8 rings (SSSR count). The fourth-order valence-electron chi connectivity index (χ4n) is 6.07. The van der Waals surface area contributed by atoms with Gasteiger partial charge in [0.05, 0.1) is 35.2 Å². The lowest BCUT2D eigenvalue weighted by molar-refractivity contribution is -0.141. The summed E-state index contributed by atoms with van der Waals surface area (Å²) in [5.41, 5.74) is 11.3. The molecule has 0 fully saturated rings. The SMILES string of the molecule is C.Cc1cc(CN)cnc1-c1ccnc(C(F)(F)F)c1.Cc1cc(CNC(=O)c2ccc(-c3cnccn3)cn2)cnc1-c1ccnc(C(F)(F)F)c1.O=C(O)c1ccc(-c2cnccn2)cn1. The van der Waals surface area contributed by atoms with Crippen LogP contribution < -0.4 is 11.1 Å². The number of carbonyl (C=O) groups is 2. The number of nitrogens with zero attached hydrogens (tertiary/aromatic N) is 10. The van der Waals surface area contributed by atoms with E-state index < -0.39 is 29.7 Å². The molecule has 68 heavy (non-hydrogen) atoms. The molecule has 348 valence electrons. The van der Waals surface area contributed by atoms with E-state index in [4.69, 9.17) is 10.8 Å². The maximum absolute atomic E-state index is 12.9. The molecule has 21 heteroatoms. The van der Waals surface area contributed by atoms with Crippen molar-refractivity contribution in [2.45, 2.75) is 46.7 Å². The van der Waals surface area contributed by atoms with Crippen LogP contribution >= 0.6 is 0 Å². The Kier molecular flexibility index (Phi) is 16.8. The number of aryl methyl sites for hydroxylation is 2. The maximum atomic E-state index is 12.9. The summed E-state index contributed by atoms with van der Waals surface area (Å²) in [5.74, 6) is -1.41. The van der Waals surface area contributed by atoms with Crippen LogP contribution in [0.15, 0.2) is 135 Å². The van der Waals surface area contributed by atoms with Gasteiger partial charge in [-0.3, -0.25) is 49.7 Å². The Balaban J connectivity index is 0.000000209. The van der Waals surface area contributed by atoms with Crippen molar-refractivity contribution in [2.24, 2.45) is 5.73 Å². The van der Waals surface area contributed by atoms with Crippen molar-refractivity contribution in [1.29, 1.82) is 0 Å². The molecule has 0 spiro atoms. The number of nitrogens with one attached hydrogen (secondary N) is 1. The molecular formula is C47H40F6N12O3. The molecule has 0 aliphatic heterocycles. The molecule has 15 nitrogen and oxygen atoms in total. The molecule has 0 saturated carbocycles. The Morgan fingerprint density at radius 1 is 0.544 bits per heavy atom. The quantitative estimate of drug-likeness (QED) is 0.115. The highest BCUT2D eigenvalue weighted by Crippen LogP contribution is 2.32. The number of carboxylic acids is 1. The predicted octanol–water partition coefficient (Wildman–Crippen LogP) is 9.06. The first kappa shape index (κ1) is 50.5. The molecular weight excluding hydrogens is 895 g/mol. The number of amides is 1. The molecule has 4 N–H and O–H groups in total. The minimum absolute atomic E-state index is 0. The lowest BCUT2D eigenvalue weighted by atomic mass is 10.1. The van der Waals surface area contributed by atoms with Crippen molar-refractivity contribution < 1.29 is 41.0 Å². The Labute approximate surface area is 384 Å². The van der Waals surface area contributed by atoms with Gasteiger partial charge in [-0.2, -0.15) is 26.3 Å². The van der Waals surface area contributed by atoms with Crippen LogP contribution in [0.4, 0.5) is 26.3 Å². The van der Waals surface area contributed by atoms with Crippen LogP contribution in [-0.2, 0) is 25.4 Å². The molecule has 0 aliphatic rings. The summed E-state index contributed by atoms with van der Waals surface area (Å²) in [7, 11) is 0. The van der Waals surface area contributed by atoms with Crippen LogP contribution in [-0.4, -0.2) is 66.8 Å². The fourth-order valence-corrected chi connectivity index (χ4v) is 6.07. The van der Waals surface area contributed by atoms with Crippen LogP contribution in [0.2, 0.25) is 0 Å². The van der Waals surface area contributed by atoms with E-state index in [1.54, 1.807) is 87.7 Å². The maximum Gasteiger partial charge on any atom is 0.433 e. The average molecular weight is 935 g/mol. The number of aromatic nitrogens is 10. The fraction of sp³-hybridized carbons (Fsp3) is 0.149. The number of nitrogens with two attached hydrogens (primary N) is 1. The summed E-state index contributed by atoms with van der Waals surface area (Å²) in [6.07, 6.45) is 8.82. The average Bonchev–Trinajstić information content (AvgIpc) is 3.34. The van der Waals surface area contributed by atoms with E-state index in [1.165, 1.54) is 30.6 Å². The lowest BCUT2D eigenvalue weighted by Crippen LogP contribution is -2.23. The van der Waals surface area contributed by atoms with Gasteiger partial charge in [0.15, 0.2) is 0 Å². The minimum Gasteiger partial charge on any atom is -0.477 e. The number of carbonyl (C=O) groups excluding carboxylic acids is 1. The van der Waals surface area contributed by atoms with Crippen molar-refractivity contribution in [1.82, 2.24) is 55.2 Å². The van der Waals surface area contributed by atoms with E-state index in [9.17, 15) is 35.9 Å². The highest BCUT2D eigenvalue weighted by atomic mass is 19.4.